The van der Waals surface area contributed by atoms with Crippen LogP contribution in [0.5, 0.6) is 11.5 Å². The largest absolute Gasteiger partial charge is 0.456 e. The Hall–Kier alpha value is -8.68. The average molecular weight is 1070 g/mol. The second-order valence-corrected chi connectivity index (χ2v) is 31.3. The van der Waals surface area contributed by atoms with Crippen LogP contribution in [0.15, 0.2) is 243 Å². The fourth-order valence-corrected chi connectivity index (χ4v) is 26.7. The number of anilines is 6. The highest BCUT2D eigenvalue weighted by atomic mass is 28.3. The van der Waals surface area contributed by atoms with E-state index in [4.69, 9.17) is 4.74 Å². The number of hydrogen-bond acceptors (Lipinski definition) is 3. The van der Waals surface area contributed by atoms with Gasteiger partial charge in [0.15, 0.2) is 16.1 Å². The third kappa shape index (κ3) is 6.46. The minimum atomic E-state index is -2.79. The molecule has 16 rings (SSSR count). The van der Waals surface area contributed by atoms with Gasteiger partial charge in [-0.3, -0.25) is 0 Å². The van der Waals surface area contributed by atoms with Gasteiger partial charge in [-0.1, -0.05) is 241 Å². The Morgan fingerprint density at radius 3 is 1.11 bits per heavy atom. The van der Waals surface area contributed by atoms with E-state index in [1.54, 1.807) is 0 Å². The molecule has 3 nitrogen and oxygen atoms in total. The molecular weight excluding hydrogens is 1010 g/mol. The van der Waals surface area contributed by atoms with Gasteiger partial charge in [-0.25, -0.2) is 0 Å². The maximum Gasteiger partial charge on any atom is 0.251 e. The Kier molecular flexibility index (Phi) is 10.7. The van der Waals surface area contributed by atoms with Crippen LogP contribution in [-0.4, -0.2) is 22.9 Å². The van der Waals surface area contributed by atoms with Crippen molar-refractivity contribution in [1.82, 2.24) is 0 Å². The molecule has 5 aliphatic rings. The fourth-order valence-electron chi connectivity index (χ4n) is 15.6. The molecule has 5 aliphatic heterocycles. The van der Waals surface area contributed by atoms with E-state index < -0.39 is 16.1 Å². The van der Waals surface area contributed by atoms with E-state index >= 15 is 0 Å². The molecule has 0 unspecified atom stereocenters. The molecule has 11 aromatic carbocycles. The average Bonchev–Trinajstić information content (AvgIpc) is 2.33. The molecule has 388 valence electrons. The molecule has 0 atom stereocenters. The van der Waals surface area contributed by atoms with Crippen LogP contribution in [0, 0.1) is 0 Å². The van der Waals surface area contributed by atoms with E-state index in [2.05, 4.69) is 294 Å². The van der Waals surface area contributed by atoms with Gasteiger partial charge in [0.2, 0.25) is 0 Å². The summed E-state index contributed by atoms with van der Waals surface area (Å²) in [6.07, 6.45) is 0. The first-order valence-electron chi connectivity index (χ1n) is 29.2. The topological polar surface area (TPSA) is 15.7 Å². The minimum absolute atomic E-state index is 0.145. The Labute approximate surface area is 478 Å². The highest BCUT2D eigenvalue weighted by Crippen LogP contribution is 2.48. The van der Waals surface area contributed by atoms with E-state index in [1.807, 2.05) is 0 Å². The zero-order valence-corrected chi connectivity index (χ0v) is 48.7. The fraction of sp³-hybridized carbons (Fsp3) is 0.120. The van der Waals surface area contributed by atoms with Gasteiger partial charge in [0.1, 0.15) is 11.5 Å². The van der Waals surface area contributed by atoms with E-state index in [0.29, 0.717) is 5.92 Å². The van der Waals surface area contributed by atoms with Crippen LogP contribution in [0.4, 0.5) is 34.1 Å². The maximum absolute atomic E-state index is 7.73. The van der Waals surface area contributed by atoms with Crippen LogP contribution < -0.4 is 72.4 Å². The standard InChI is InChI=1S/C75H61BN2OSi2/c1-47(2)50-44-56(48(3)4)74(57(45-50)49(5)6)76-58-28-23-33-64(78-62-31-13-21-40-72(62)81(73-41-22-14-32-63(73)78)68-36-17-9-26-54(68)55-27-10-18-37-69(55)81)75(58)79-65-43-42-51(46-59(65)76)77-60-29-11-19-38-70(60)80(71-39-20-12-30-61(71)77)66-34-15-7-24-52(66)53-25-8-16-35-67(53)80/h7-49H,1-6H3. The summed E-state index contributed by atoms with van der Waals surface area (Å²) in [5.74, 6) is 2.74. The van der Waals surface area contributed by atoms with Gasteiger partial charge < -0.3 is 14.5 Å². The summed E-state index contributed by atoms with van der Waals surface area (Å²) in [5, 5.41) is 11.5. The SMILES string of the molecule is CC(C)c1cc(C(C)C)c(B2c3cc(N4c5ccccc5[Si]5(c6ccccc6-c6ccccc65)c5ccccc54)ccc3Oc3c2cccc3N2c3ccccc3[Si]3(c4ccccc4-c4ccccc43)c3ccccc32)c(C(C)C)c1. The molecule has 81 heavy (non-hydrogen) atoms. The molecule has 0 aliphatic carbocycles. The summed E-state index contributed by atoms with van der Waals surface area (Å²) in [6, 6.07) is 93.4. The molecule has 2 spiro atoms. The van der Waals surface area contributed by atoms with Crippen LogP contribution in [0.1, 0.15) is 76.0 Å². The first-order valence-corrected chi connectivity index (χ1v) is 33.2. The second kappa shape index (κ2) is 17.9. The van der Waals surface area contributed by atoms with E-state index in [9.17, 15) is 0 Å². The highest BCUT2D eigenvalue weighted by Gasteiger charge is 2.56. The molecule has 0 amide bonds. The van der Waals surface area contributed by atoms with Crippen molar-refractivity contribution in [2.75, 3.05) is 9.80 Å². The van der Waals surface area contributed by atoms with Gasteiger partial charge in [0, 0.05) is 28.4 Å². The normalized spacial score (nSPS) is 14.9. The summed E-state index contributed by atoms with van der Waals surface area (Å²) >= 11 is 0. The molecule has 0 radical (unpaired) electrons. The Morgan fingerprint density at radius 2 is 0.704 bits per heavy atom. The van der Waals surface area contributed by atoms with Gasteiger partial charge in [-0.15, -0.1) is 0 Å². The van der Waals surface area contributed by atoms with Crippen LogP contribution in [0.25, 0.3) is 22.3 Å². The van der Waals surface area contributed by atoms with Crippen molar-refractivity contribution in [3.8, 4) is 33.8 Å². The van der Waals surface area contributed by atoms with Gasteiger partial charge in [-0.05, 0) is 158 Å². The van der Waals surface area contributed by atoms with Crippen molar-refractivity contribution in [2.45, 2.75) is 59.3 Å². The van der Waals surface area contributed by atoms with Gasteiger partial charge in [0.25, 0.3) is 6.71 Å². The summed E-state index contributed by atoms with van der Waals surface area (Å²) in [5.41, 5.74) is 20.5. The molecule has 5 heterocycles. The molecule has 0 saturated heterocycles. The monoisotopic (exact) mass is 1070 g/mol. The number of fused-ring (bicyclic) bond motifs is 20. The Balaban J connectivity index is 0.937. The van der Waals surface area contributed by atoms with Gasteiger partial charge in [0.05, 0.1) is 5.69 Å². The van der Waals surface area contributed by atoms with Crippen LogP contribution in [-0.2, 0) is 0 Å². The molecule has 0 N–H and O–H groups in total. The van der Waals surface area contributed by atoms with E-state index in [0.717, 1.165) is 22.9 Å². The predicted octanol–water partition coefficient (Wildman–Crippen LogP) is 12.0. The number of nitrogens with zero attached hydrogens (tertiary/aromatic N) is 2. The minimum Gasteiger partial charge on any atom is -0.456 e. The number of benzene rings is 11. The lowest BCUT2D eigenvalue weighted by molar-refractivity contribution is 0.488. The lowest BCUT2D eigenvalue weighted by Gasteiger charge is -2.44. The van der Waals surface area contributed by atoms with Crippen LogP contribution in [0.3, 0.4) is 0 Å². The molecular formula is C75H61BN2OSi2. The molecule has 0 saturated carbocycles. The number of ether oxygens (including phenoxy) is 1. The lowest BCUT2D eigenvalue weighted by atomic mass is 9.33. The Bertz CT molecular complexity index is 4220. The summed E-state index contributed by atoms with van der Waals surface area (Å²) in [6.45, 7) is 14.1. The quantitative estimate of drug-likeness (QED) is 0.154. The summed E-state index contributed by atoms with van der Waals surface area (Å²) in [7, 11) is -5.56. The van der Waals surface area contributed by atoms with Crippen molar-refractivity contribution in [3.63, 3.8) is 0 Å². The first-order chi connectivity index (χ1) is 39.7. The molecule has 6 heteroatoms. The molecule has 0 aromatic heterocycles. The van der Waals surface area contributed by atoms with E-state index in [1.165, 1.54) is 120 Å². The maximum atomic E-state index is 7.73. The van der Waals surface area contributed by atoms with E-state index in [-0.39, 0.29) is 18.5 Å². The number of para-hydroxylation sites is 5. The van der Waals surface area contributed by atoms with Crippen molar-refractivity contribution >= 4 is 115 Å². The second-order valence-electron chi connectivity index (χ2n) is 24.0. The number of rotatable bonds is 6. The van der Waals surface area contributed by atoms with Crippen LogP contribution in [0.2, 0.25) is 0 Å². The third-order valence-corrected chi connectivity index (χ3v) is 28.8. The van der Waals surface area contributed by atoms with Crippen molar-refractivity contribution in [1.29, 1.82) is 0 Å². The van der Waals surface area contributed by atoms with Crippen molar-refractivity contribution in [3.05, 3.63) is 259 Å². The number of hydrogen-bond donors (Lipinski definition) is 0. The van der Waals surface area contributed by atoms with Crippen molar-refractivity contribution in [2.24, 2.45) is 0 Å². The summed E-state index contributed by atoms with van der Waals surface area (Å²) in [4.78, 5) is 5.13. The van der Waals surface area contributed by atoms with Gasteiger partial charge >= 0.3 is 0 Å². The third-order valence-electron chi connectivity index (χ3n) is 18.9. The highest BCUT2D eigenvalue weighted by molar-refractivity contribution is 7.24. The zero-order valence-electron chi connectivity index (χ0n) is 46.7. The summed E-state index contributed by atoms with van der Waals surface area (Å²) < 4.78 is 7.73. The zero-order chi connectivity index (χ0) is 54.5. The molecule has 0 fully saturated rings. The van der Waals surface area contributed by atoms with Crippen molar-refractivity contribution < 1.29 is 4.74 Å². The molecule has 11 aromatic rings. The van der Waals surface area contributed by atoms with Crippen LogP contribution >= 0.6 is 0 Å². The molecule has 0 bridgehead atoms. The van der Waals surface area contributed by atoms with Gasteiger partial charge in [-0.2, -0.15) is 0 Å². The lowest BCUT2D eigenvalue weighted by Crippen LogP contribution is -2.75. The predicted molar refractivity (Wildman–Crippen MR) is 348 cm³/mol. The first kappa shape index (κ1) is 48.2. The smallest absolute Gasteiger partial charge is 0.251 e. The Morgan fingerprint density at radius 1 is 0.333 bits per heavy atom.